The summed E-state index contributed by atoms with van der Waals surface area (Å²) in [4.78, 5) is 25.0. The summed E-state index contributed by atoms with van der Waals surface area (Å²) >= 11 is 3.47. The van der Waals surface area contributed by atoms with E-state index < -0.39 is 18.1 Å². The van der Waals surface area contributed by atoms with Crippen molar-refractivity contribution in [1.29, 1.82) is 0 Å². The van der Waals surface area contributed by atoms with E-state index in [1.54, 1.807) is 0 Å². The zero-order valence-electron chi connectivity index (χ0n) is 10.7. The first-order chi connectivity index (χ1) is 9.08. The van der Waals surface area contributed by atoms with Gasteiger partial charge in [0.2, 0.25) is 0 Å². The molecule has 0 radical (unpaired) electrons. The van der Waals surface area contributed by atoms with E-state index in [-0.39, 0.29) is 0 Å². The predicted molar refractivity (Wildman–Crippen MR) is 71.6 cm³/mol. The zero-order chi connectivity index (χ0) is 14.0. The van der Waals surface area contributed by atoms with Crippen molar-refractivity contribution in [3.63, 3.8) is 0 Å². The van der Waals surface area contributed by atoms with E-state index >= 15 is 0 Å². The fourth-order valence-electron chi connectivity index (χ4n) is 2.23. The van der Waals surface area contributed by atoms with Crippen molar-refractivity contribution in [2.45, 2.75) is 19.0 Å². The van der Waals surface area contributed by atoms with Crippen LogP contribution in [0.4, 0.5) is 4.79 Å². The van der Waals surface area contributed by atoms with E-state index in [2.05, 4.69) is 15.9 Å². The fraction of sp³-hybridized carbons (Fsp3) is 0.385. The van der Waals surface area contributed by atoms with Crippen molar-refractivity contribution in [3.05, 3.63) is 33.8 Å². The molecule has 0 fully saturated rings. The molecule has 102 valence electrons. The van der Waals surface area contributed by atoms with Crippen LogP contribution < -0.4 is 0 Å². The molecule has 1 atom stereocenters. The molecule has 5 nitrogen and oxygen atoms in total. The number of halogens is 1. The summed E-state index contributed by atoms with van der Waals surface area (Å²) in [6, 6.07) is 5.10. The predicted octanol–water partition coefficient (Wildman–Crippen LogP) is 2.12. The lowest BCUT2D eigenvalue weighted by molar-refractivity contribution is -0.146. The van der Waals surface area contributed by atoms with Crippen LogP contribution in [0, 0.1) is 0 Å². The van der Waals surface area contributed by atoms with Crippen molar-refractivity contribution < 1.29 is 19.1 Å². The van der Waals surface area contributed by atoms with E-state index in [4.69, 9.17) is 9.47 Å². The summed E-state index contributed by atoms with van der Waals surface area (Å²) in [7, 11) is 2.61. The Morgan fingerprint density at radius 1 is 1.32 bits per heavy atom. The quantitative estimate of drug-likeness (QED) is 0.741. The molecule has 1 aliphatic heterocycles. The molecule has 1 aliphatic rings. The average Bonchev–Trinajstić information content (AvgIpc) is 2.44. The number of fused-ring (bicyclic) bond motifs is 1. The van der Waals surface area contributed by atoms with Gasteiger partial charge in [0, 0.05) is 10.9 Å². The highest BCUT2D eigenvalue weighted by Crippen LogP contribution is 2.30. The first kappa shape index (κ1) is 13.9. The van der Waals surface area contributed by atoms with Crippen LogP contribution in [0.5, 0.6) is 0 Å². The Morgan fingerprint density at radius 3 is 2.68 bits per heavy atom. The molecule has 0 aliphatic carbocycles. The van der Waals surface area contributed by atoms with Gasteiger partial charge in [-0.3, -0.25) is 4.90 Å². The molecule has 0 aromatic heterocycles. The maximum atomic E-state index is 11.8. The largest absolute Gasteiger partial charge is 0.467 e. The summed E-state index contributed by atoms with van der Waals surface area (Å²) in [6.07, 6.45) is -0.112. The van der Waals surface area contributed by atoms with Crippen molar-refractivity contribution in [3.8, 4) is 0 Å². The Labute approximate surface area is 119 Å². The number of hydrogen-bond acceptors (Lipinski definition) is 4. The summed E-state index contributed by atoms with van der Waals surface area (Å²) in [6.45, 7) is 0.335. The lowest BCUT2D eigenvalue weighted by Gasteiger charge is -2.34. The molecular formula is C13H14BrNO4. The third-order valence-corrected chi connectivity index (χ3v) is 3.96. The minimum Gasteiger partial charge on any atom is -0.467 e. The molecule has 1 amide bonds. The fourth-order valence-corrected chi connectivity index (χ4v) is 2.80. The van der Waals surface area contributed by atoms with Crippen LogP contribution in [0.15, 0.2) is 22.7 Å². The van der Waals surface area contributed by atoms with E-state index in [0.717, 1.165) is 15.6 Å². The van der Waals surface area contributed by atoms with Gasteiger partial charge in [0.05, 0.1) is 20.8 Å². The Bertz CT molecular complexity index is 517. The highest BCUT2D eigenvalue weighted by atomic mass is 79.9. The lowest BCUT2D eigenvalue weighted by atomic mass is 9.94. The SMILES string of the molecule is COC(=O)C1Cc2c(Br)cccc2CN1C(=O)OC. The van der Waals surface area contributed by atoms with Crippen LogP contribution in [-0.2, 0) is 27.2 Å². The molecular weight excluding hydrogens is 314 g/mol. The minimum atomic E-state index is -0.649. The Balaban J connectivity index is 2.39. The van der Waals surface area contributed by atoms with Crippen LogP contribution in [0.25, 0.3) is 0 Å². The summed E-state index contributed by atoms with van der Waals surface area (Å²) in [5.41, 5.74) is 2.03. The molecule has 1 aromatic rings. The average molecular weight is 328 g/mol. The first-order valence-electron chi connectivity index (χ1n) is 5.77. The standard InChI is InChI=1S/C13H14BrNO4/c1-18-12(16)11-6-9-8(4-3-5-10(9)14)7-15(11)13(17)19-2/h3-5,11H,6-7H2,1-2H3. The number of hydrogen-bond donors (Lipinski definition) is 0. The van der Waals surface area contributed by atoms with Crippen molar-refractivity contribution >= 4 is 28.0 Å². The zero-order valence-corrected chi connectivity index (χ0v) is 12.3. The van der Waals surface area contributed by atoms with Gasteiger partial charge in [0.15, 0.2) is 0 Å². The van der Waals surface area contributed by atoms with E-state index in [0.29, 0.717) is 13.0 Å². The molecule has 0 bridgehead atoms. The molecule has 0 saturated heterocycles. The number of carbonyl (C=O) groups is 2. The van der Waals surface area contributed by atoms with Crippen LogP contribution >= 0.6 is 15.9 Å². The molecule has 0 spiro atoms. The molecule has 0 N–H and O–H groups in total. The normalized spacial score (nSPS) is 17.6. The second kappa shape index (κ2) is 5.61. The number of methoxy groups -OCH3 is 2. The third kappa shape index (κ3) is 2.58. The number of carbonyl (C=O) groups excluding carboxylic acids is 2. The maximum absolute atomic E-state index is 11.8. The van der Waals surface area contributed by atoms with E-state index in [9.17, 15) is 9.59 Å². The smallest absolute Gasteiger partial charge is 0.410 e. The van der Waals surface area contributed by atoms with Gasteiger partial charge in [-0.05, 0) is 17.2 Å². The monoisotopic (exact) mass is 327 g/mol. The Kier molecular flexibility index (Phi) is 4.09. The number of rotatable bonds is 1. The summed E-state index contributed by atoms with van der Waals surface area (Å²) in [5, 5.41) is 0. The molecule has 0 saturated carbocycles. The lowest BCUT2D eigenvalue weighted by Crippen LogP contribution is -2.49. The Hall–Kier alpha value is -1.56. The van der Waals surface area contributed by atoms with Crippen LogP contribution in [0.1, 0.15) is 11.1 Å². The molecule has 19 heavy (non-hydrogen) atoms. The molecule has 2 rings (SSSR count). The topological polar surface area (TPSA) is 55.8 Å². The first-order valence-corrected chi connectivity index (χ1v) is 6.56. The summed E-state index contributed by atoms with van der Waals surface area (Å²) in [5.74, 6) is -0.438. The highest BCUT2D eigenvalue weighted by molar-refractivity contribution is 9.10. The maximum Gasteiger partial charge on any atom is 0.410 e. The second-order valence-corrected chi connectivity index (χ2v) is 5.07. The van der Waals surface area contributed by atoms with Crippen molar-refractivity contribution in [2.24, 2.45) is 0 Å². The third-order valence-electron chi connectivity index (χ3n) is 3.21. The van der Waals surface area contributed by atoms with Gasteiger partial charge < -0.3 is 9.47 Å². The van der Waals surface area contributed by atoms with Gasteiger partial charge in [0.25, 0.3) is 0 Å². The van der Waals surface area contributed by atoms with Crippen LogP contribution in [0.3, 0.4) is 0 Å². The number of ether oxygens (including phenoxy) is 2. The van der Waals surface area contributed by atoms with Gasteiger partial charge in [-0.2, -0.15) is 0 Å². The van der Waals surface area contributed by atoms with Crippen LogP contribution in [0.2, 0.25) is 0 Å². The van der Waals surface area contributed by atoms with Crippen LogP contribution in [-0.4, -0.2) is 37.2 Å². The van der Waals surface area contributed by atoms with Gasteiger partial charge in [-0.15, -0.1) is 0 Å². The molecule has 1 unspecified atom stereocenters. The van der Waals surface area contributed by atoms with Crippen molar-refractivity contribution in [2.75, 3.05) is 14.2 Å². The van der Waals surface area contributed by atoms with E-state index in [1.807, 2.05) is 18.2 Å². The van der Waals surface area contributed by atoms with Gasteiger partial charge in [-0.1, -0.05) is 28.1 Å². The van der Waals surface area contributed by atoms with Gasteiger partial charge >= 0.3 is 12.1 Å². The van der Waals surface area contributed by atoms with Crippen molar-refractivity contribution in [1.82, 2.24) is 4.90 Å². The number of amides is 1. The molecule has 1 heterocycles. The number of esters is 1. The summed E-state index contributed by atoms with van der Waals surface area (Å²) < 4.78 is 10.4. The molecule has 6 heteroatoms. The molecule has 1 aromatic carbocycles. The highest BCUT2D eigenvalue weighted by Gasteiger charge is 2.36. The number of benzene rings is 1. The van der Waals surface area contributed by atoms with E-state index in [1.165, 1.54) is 19.1 Å². The second-order valence-electron chi connectivity index (χ2n) is 4.22. The van der Waals surface area contributed by atoms with Gasteiger partial charge in [-0.25, -0.2) is 9.59 Å². The number of nitrogens with zero attached hydrogens (tertiary/aromatic N) is 1. The van der Waals surface area contributed by atoms with Gasteiger partial charge in [0.1, 0.15) is 6.04 Å². The minimum absolute atomic E-state index is 0.335. The Morgan fingerprint density at radius 2 is 2.05 bits per heavy atom.